The van der Waals surface area contributed by atoms with E-state index >= 15 is 0 Å². The van der Waals surface area contributed by atoms with Crippen LogP contribution in [0.5, 0.6) is 0 Å². The fourth-order valence-corrected chi connectivity index (χ4v) is 4.93. The molecule has 1 aromatic carbocycles. The molecule has 2 fully saturated rings. The Hall–Kier alpha value is -2.88. The van der Waals surface area contributed by atoms with E-state index in [1.54, 1.807) is 12.1 Å². The number of hydrogen-bond acceptors (Lipinski definition) is 9. The molecule has 2 unspecified atom stereocenters. The predicted octanol–water partition coefficient (Wildman–Crippen LogP) is 2.32. The maximum Gasteiger partial charge on any atom is 0.294 e. The summed E-state index contributed by atoms with van der Waals surface area (Å²) in [6.45, 7) is 5.15. The summed E-state index contributed by atoms with van der Waals surface area (Å²) in [7, 11) is 0. The molecular weight excluding hydrogens is 386 g/mol. The number of rotatable bonds is 3. The molecule has 0 amide bonds. The van der Waals surface area contributed by atoms with Crippen LogP contribution >= 0.6 is 0 Å². The molecule has 10 heteroatoms. The quantitative estimate of drug-likeness (QED) is 0.571. The zero-order valence-corrected chi connectivity index (χ0v) is 17.5. The van der Waals surface area contributed by atoms with E-state index in [4.69, 9.17) is 16.2 Å². The van der Waals surface area contributed by atoms with Gasteiger partial charge in [0.05, 0.1) is 22.8 Å². The van der Waals surface area contributed by atoms with Gasteiger partial charge >= 0.3 is 0 Å². The van der Waals surface area contributed by atoms with Crippen LogP contribution in [0.3, 0.4) is 0 Å². The highest BCUT2D eigenvalue weighted by Gasteiger charge is 2.43. The van der Waals surface area contributed by atoms with Gasteiger partial charge in [0.2, 0.25) is 11.9 Å². The lowest BCUT2D eigenvalue weighted by atomic mass is 9.87. The van der Waals surface area contributed by atoms with Crippen LogP contribution in [0, 0.1) is 10.1 Å². The highest BCUT2D eigenvalue weighted by molar-refractivity contribution is 6.06. The molecule has 1 saturated carbocycles. The van der Waals surface area contributed by atoms with Crippen molar-refractivity contribution in [2.24, 2.45) is 21.5 Å². The minimum absolute atomic E-state index is 0.000670. The molecule has 30 heavy (non-hydrogen) atoms. The molecular formula is C20H29N7O3. The summed E-state index contributed by atoms with van der Waals surface area (Å²) in [4.78, 5) is 24.3. The second-order valence-electron chi connectivity index (χ2n) is 8.41. The molecule has 1 aliphatic carbocycles. The number of ether oxygens (including phenoxy) is 1. The lowest BCUT2D eigenvalue weighted by Crippen LogP contribution is -2.58. The first-order valence-electron chi connectivity index (χ1n) is 10.5. The van der Waals surface area contributed by atoms with Gasteiger partial charge < -0.3 is 21.1 Å². The Bertz CT molecular complexity index is 884. The molecule has 162 valence electrons. The average molecular weight is 415 g/mol. The molecule has 0 bridgehead atoms. The molecule has 4 N–H and O–H groups in total. The smallest absolute Gasteiger partial charge is 0.294 e. The highest BCUT2D eigenvalue weighted by atomic mass is 16.6. The monoisotopic (exact) mass is 415 g/mol. The van der Waals surface area contributed by atoms with Crippen molar-refractivity contribution in [3.05, 3.63) is 28.3 Å². The number of nitro benzene ring substituents is 1. The van der Waals surface area contributed by atoms with Crippen molar-refractivity contribution < 1.29 is 9.66 Å². The molecule has 10 nitrogen and oxygen atoms in total. The zero-order chi connectivity index (χ0) is 21.5. The number of hydrogen-bond donors (Lipinski definition) is 2. The molecule has 1 saturated heterocycles. The van der Waals surface area contributed by atoms with Crippen LogP contribution in [0.2, 0.25) is 0 Å². The van der Waals surface area contributed by atoms with E-state index in [0.29, 0.717) is 24.5 Å². The molecule has 3 aliphatic rings. The van der Waals surface area contributed by atoms with Crippen LogP contribution in [0.4, 0.5) is 17.1 Å². The van der Waals surface area contributed by atoms with Crippen molar-refractivity contribution in [1.82, 2.24) is 0 Å². The molecule has 1 spiro atoms. The van der Waals surface area contributed by atoms with Crippen LogP contribution in [-0.2, 0) is 4.74 Å². The van der Waals surface area contributed by atoms with E-state index in [-0.39, 0.29) is 34.7 Å². The highest BCUT2D eigenvalue weighted by Crippen LogP contribution is 2.42. The number of nitro groups is 1. The molecule has 0 radical (unpaired) electrons. The van der Waals surface area contributed by atoms with Crippen molar-refractivity contribution in [3.63, 3.8) is 0 Å². The predicted molar refractivity (Wildman–Crippen MR) is 117 cm³/mol. The van der Waals surface area contributed by atoms with Gasteiger partial charge in [-0.25, -0.2) is 4.99 Å². The third-order valence-corrected chi connectivity index (χ3v) is 6.03. The first kappa shape index (κ1) is 20.4. The number of nitrogens with zero attached hydrogens (tertiary/aromatic N) is 5. The lowest BCUT2D eigenvalue weighted by molar-refractivity contribution is -0.384. The summed E-state index contributed by atoms with van der Waals surface area (Å²) in [6.07, 6.45) is 4.65. The van der Waals surface area contributed by atoms with Gasteiger partial charge in [0.25, 0.3) is 5.69 Å². The van der Waals surface area contributed by atoms with E-state index in [0.717, 1.165) is 32.1 Å². The summed E-state index contributed by atoms with van der Waals surface area (Å²) in [5.41, 5.74) is 12.8. The SMILES string of the molecule is CC1CN(c2ccc(N3C(N)=NC(N)=NC34CCCCC4)cc2[N+](=O)[O-])CC(C)O1. The van der Waals surface area contributed by atoms with Crippen molar-refractivity contribution >= 4 is 29.0 Å². The first-order valence-corrected chi connectivity index (χ1v) is 10.5. The Morgan fingerprint density at radius 2 is 1.83 bits per heavy atom. The largest absolute Gasteiger partial charge is 0.372 e. The molecule has 2 atom stereocenters. The summed E-state index contributed by atoms with van der Waals surface area (Å²) in [6, 6.07) is 5.24. The van der Waals surface area contributed by atoms with Crippen molar-refractivity contribution in [2.75, 3.05) is 22.9 Å². The number of guanidine groups is 2. The third kappa shape index (κ3) is 3.67. The molecule has 4 rings (SSSR count). The Morgan fingerprint density at radius 1 is 1.17 bits per heavy atom. The lowest BCUT2D eigenvalue weighted by Gasteiger charge is -2.45. The second-order valence-corrected chi connectivity index (χ2v) is 8.41. The fraction of sp³-hybridized carbons (Fsp3) is 0.600. The molecule has 1 aromatic rings. The van der Waals surface area contributed by atoms with E-state index < -0.39 is 5.66 Å². The normalized spacial score (nSPS) is 26.3. The standard InChI is InChI=1S/C20H29N7O3/c1-13-11-25(12-14(2)30-13)16-7-6-15(10-17(16)27(28)29)26-19(22)23-18(21)24-20(26)8-4-3-5-9-20/h6-7,10,13-14H,3-5,8-9,11-12H2,1-2H3,(H4,21,22,23,24). The van der Waals surface area contributed by atoms with Crippen molar-refractivity contribution in [1.29, 1.82) is 0 Å². The summed E-state index contributed by atoms with van der Waals surface area (Å²) in [5, 5.41) is 12.0. The van der Waals surface area contributed by atoms with Crippen LogP contribution in [0.15, 0.2) is 28.2 Å². The van der Waals surface area contributed by atoms with Gasteiger partial charge in [-0.3, -0.25) is 15.0 Å². The maximum atomic E-state index is 12.0. The average Bonchev–Trinajstić information content (AvgIpc) is 2.67. The van der Waals surface area contributed by atoms with E-state index in [1.165, 1.54) is 0 Å². The van der Waals surface area contributed by atoms with Gasteiger partial charge in [0, 0.05) is 19.2 Å². The number of aliphatic imine (C=N–C) groups is 2. The van der Waals surface area contributed by atoms with Crippen LogP contribution in [0.1, 0.15) is 46.0 Å². The van der Waals surface area contributed by atoms with Crippen LogP contribution in [-0.4, -0.2) is 47.8 Å². The van der Waals surface area contributed by atoms with Crippen molar-refractivity contribution in [3.8, 4) is 0 Å². The minimum Gasteiger partial charge on any atom is -0.372 e. The minimum atomic E-state index is -0.633. The Kier molecular flexibility index (Phi) is 5.27. The number of morpholine rings is 1. The van der Waals surface area contributed by atoms with Crippen molar-refractivity contribution in [2.45, 2.75) is 63.8 Å². The Balaban J connectivity index is 1.75. The van der Waals surface area contributed by atoms with Gasteiger partial charge in [-0.1, -0.05) is 6.42 Å². The Labute approximate surface area is 175 Å². The summed E-state index contributed by atoms with van der Waals surface area (Å²) < 4.78 is 5.78. The van der Waals surface area contributed by atoms with E-state index in [9.17, 15) is 10.1 Å². The Morgan fingerprint density at radius 3 is 2.47 bits per heavy atom. The number of anilines is 2. The topological polar surface area (TPSA) is 136 Å². The first-order chi connectivity index (χ1) is 14.3. The van der Waals surface area contributed by atoms with Gasteiger partial charge in [-0.05, 0) is 51.7 Å². The van der Waals surface area contributed by atoms with E-state index in [1.807, 2.05) is 29.7 Å². The van der Waals surface area contributed by atoms with Crippen LogP contribution < -0.4 is 21.3 Å². The van der Waals surface area contributed by atoms with Gasteiger partial charge in [-0.15, -0.1) is 0 Å². The number of nitrogens with two attached hydrogens (primary N) is 2. The van der Waals surface area contributed by atoms with Gasteiger partial charge in [0.15, 0.2) is 0 Å². The summed E-state index contributed by atoms with van der Waals surface area (Å²) >= 11 is 0. The second kappa shape index (κ2) is 7.75. The molecule has 2 aliphatic heterocycles. The third-order valence-electron chi connectivity index (χ3n) is 6.03. The fourth-order valence-electron chi connectivity index (χ4n) is 4.93. The summed E-state index contributed by atoms with van der Waals surface area (Å²) in [5.74, 6) is 0.383. The molecule has 2 heterocycles. The zero-order valence-electron chi connectivity index (χ0n) is 17.5. The van der Waals surface area contributed by atoms with Crippen LogP contribution in [0.25, 0.3) is 0 Å². The number of benzene rings is 1. The van der Waals surface area contributed by atoms with Gasteiger partial charge in [0.1, 0.15) is 11.4 Å². The maximum absolute atomic E-state index is 12.0. The van der Waals surface area contributed by atoms with Gasteiger partial charge in [-0.2, -0.15) is 4.99 Å². The van der Waals surface area contributed by atoms with E-state index in [2.05, 4.69) is 9.98 Å². The molecule has 0 aromatic heterocycles.